The van der Waals surface area contributed by atoms with E-state index in [1.54, 1.807) is 19.1 Å². The van der Waals surface area contributed by atoms with E-state index in [-0.39, 0.29) is 37.1 Å². The van der Waals surface area contributed by atoms with Crippen molar-refractivity contribution in [3.8, 4) is 22.8 Å². The van der Waals surface area contributed by atoms with Gasteiger partial charge in [0.15, 0.2) is 0 Å². The number of rotatable bonds is 7. The first-order valence-corrected chi connectivity index (χ1v) is 12.2. The summed E-state index contributed by atoms with van der Waals surface area (Å²) < 4.78 is 11.2. The summed E-state index contributed by atoms with van der Waals surface area (Å²) in [5.41, 5.74) is 3.03. The molecule has 9 heteroatoms. The van der Waals surface area contributed by atoms with Crippen molar-refractivity contribution in [3.05, 3.63) is 35.4 Å². The Kier molecular flexibility index (Phi) is 7.82. The van der Waals surface area contributed by atoms with Crippen LogP contribution in [0.3, 0.4) is 0 Å². The minimum Gasteiger partial charge on any atom is -0.507 e. The number of phenolic OH excluding ortho intramolecular Hbond substituents is 1. The van der Waals surface area contributed by atoms with Gasteiger partial charge in [0.1, 0.15) is 23.2 Å². The van der Waals surface area contributed by atoms with Crippen LogP contribution in [-0.2, 0) is 20.7 Å². The van der Waals surface area contributed by atoms with Gasteiger partial charge in [-0.3, -0.25) is 9.59 Å². The van der Waals surface area contributed by atoms with Crippen LogP contribution in [0.2, 0.25) is 0 Å². The lowest BCUT2D eigenvalue weighted by atomic mass is 9.82. The Labute approximate surface area is 211 Å². The molecule has 3 N–H and O–H groups in total. The van der Waals surface area contributed by atoms with Gasteiger partial charge in [-0.1, -0.05) is 6.07 Å². The first-order valence-electron chi connectivity index (χ1n) is 12.2. The van der Waals surface area contributed by atoms with Crippen molar-refractivity contribution in [1.29, 1.82) is 0 Å². The van der Waals surface area contributed by atoms with Crippen LogP contribution in [0.5, 0.6) is 11.5 Å². The smallest absolute Gasteiger partial charge is 0.318 e. The molecule has 5 rings (SSSR count). The van der Waals surface area contributed by atoms with E-state index in [9.17, 15) is 14.7 Å². The normalized spacial score (nSPS) is 19.8. The van der Waals surface area contributed by atoms with Gasteiger partial charge in [0.2, 0.25) is 5.91 Å². The number of nitrogens with zero attached hydrogens (tertiary/aromatic N) is 1. The zero-order valence-electron chi connectivity index (χ0n) is 19.8. The summed E-state index contributed by atoms with van der Waals surface area (Å²) in [7, 11) is 0. The molecule has 35 heavy (non-hydrogen) atoms. The fraction of sp³-hybridized carbons (Fsp3) is 0.500. The summed E-state index contributed by atoms with van der Waals surface area (Å²) in [6, 6.07) is 7.24. The first kappa shape index (κ1) is 25.3. The van der Waals surface area contributed by atoms with Crippen LogP contribution >= 0.6 is 12.4 Å². The SMILES string of the molecule is CCOC(=O)C1Cc2c(C3CCNCC3)cc(-c3c(O)cccc3OCC3CC3)nc2NC1=O.Cl. The monoisotopic (exact) mass is 501 g/mol. The maximum absolute atomic E-state index is 12.8. The highest BCUT2D eigenvalue weighted by Gasteiger charge is 2.37. The van der Waals surface area contributed by atoms with E-state index in [1.807, 2.05) is 12.1 Å². The molecule has 0 spiro atoms. The number of amides is 1. The molecule has 2 fully saturated rings. The van der Waals surface area contributed by atoms with Crippen molar-refractivity contribution >= 4 is 30.1 Å². The molecule has 0 bridgehead atoms. The Morgan fingerprint density at radius 2 is 1.97 bits per heavy atom. The summed E-state index contributed by atoms with van der Waals surface area (Å²) in [5, 5.41) is 17.0. The quantitative estimate of drug-likeness (QED) is 0.391. The predicted octanol–water partition coefficient (Wildman–Crippen LogP) is 3.81. The summed E-state index contributed by atoms with van der Waals surface area (Å²) in [6.45, 7) is 4.37. The number of aromatic hydroxyl groups is 1. The molecular formula is C26H32ClN3O5. The van der Waals surface area contributed by atoms with Crippen LogP contribution in [0.4, 0.5) is 5.82 Å². The third-order valence-electron chi connectivity index (χ3n) is 6.91. The third-order valence-corrected chi connectivity index (χ3v) is 6.91. The van der Waals surface area contributed by atoms with Gasteiger partial charge in [-0.25, -0.2) is 4.98 Å². The van der Waals surface area contributed by atoms with Gasteiger partial charge in [0, 0.05) is 0 Å². The Bertz CT molecular complexity index is 1100. The lowest BCUT2D eigenvalue weighted by Crippen LogP contribution is -2.38. The highest BCUT2D eigenvalue weighted by molar-refractivity contribution is 6.07. The predicted molar refractivity (Wildman–Crippen MR) is 134 cm³/mol. The zero-order valence-corrected chi connectivity index (χ0v) is 20.7. The van der Waals surface area contributed by atoms with Crippen LogP contribution in [0.15, 0.2) is 24.3 Å². The average Bonchev–Trinajstić information content (AvgIpc) is 3.67. The van der Waals surface area contributed by atoms with Crippen molar-refractivity contribution in [3.63, 3.8) is 0 Å². The molecule has 2 aliphatic heterocycles. The summed E-state index contributed by atoms with van der Waals surface area (Å²) >= 11 is 0. The number of carbonyl (C=O) groups excluding carboxylic acids is 2. The van der Waals surface area contributed by atoms with Crippen LogP contribution in [0.25, 0.3) is 11.3 Å². The minimum atomic E-state index is -0.886. The molecule has 0 radical (unpaired) electrons. The molecule has 1 aliphatic carbocycles. The molecule has 3 aliphatic rings. The summed E-state index contributed by atoms with van der Waals surface area (Å²) in [5.74, 6) is 0.144. The Hall–Kier alpha value is -2.84. The highest BCUT2D eigenvalue weighted by atomic mass is 35.5. The second-order valence-electron chi connectivity index (χ2n) is 9.35. The molecule has 1 aromatic heterocycles. The molecule has 1 amide bonds. The van der Waals surface area contributed by atoms with Gasteiger partial charge in [-0.15, -0.1) is 12.4 Å². The molecule has 1 aromatic carbocycles. The van der Waals surface area contributed by atoms with Gasteiger partial charge in [0.05, 0.1) is 24.5 Å². The minimum absolute atomic E-state index is 0. The van der Waals surface area contributed by atoms with Gasteiger partial charge in [-0.2, -0.15) is 0 Å². The number of aromatic nitrogens is 1. The average molecular weight is 502 g/mol. The van der Waals surface area contributed by atoms with Crippen molar-refractivity contribution in [2.24, 2.45) is 11.8 Å². The highest BCUT2D eigenvalue weighted by Crippen LogP contribution is 2.43. The van der Waals surface area contributed by atoms with Crippen molar-refractivity contribution in [1.82, 2.24) is 10.3 Å². The lowest BCUT2D eigenvalue weighted by Gasteiger charge is -2.30. The van der Waals surface area contributed by atoms with E-state index < -0.39 is 17.8 Å². The molecule has 2 aromatic rings. The number of anilines is 1. The number of carbonyl (C=O) groups is 2. The van der Waals surface area contributed by atoms with Crippen LogP contribution in [0.1, 0.15) is 49.7 Å². The fourth-order valence-electron chi connectivity index (χ4n) is 4.86. The van der Waals surface area contributed by atoms with Gasteiger partial charge in [-0.05, 0) is 93.3 Å². The topological polar surface area (TPSA) is 110 Å². The number of phenols is 1. The Morgan fingerprint density at radius 3 is 2.69 bits per heavy atom. The second-order valence-corrected chi connectivity index (χ2v) is 9.35. The first-order chi connectivity index (χ1) is 16.5. The fourth-order valence-corrected chi connectivity index (χ4v) is 4.86. The van der Waals surface area contributed by atoms with Crippen molar-refractivity contribution in [2.75, 3.05) is 31.6 Å². The number of fused-ring (bicyclic) bond motifs is 1. The van der Waals surface area contributed by atoms with Crippen molar-refractivity contribution in [2.45, 2.75) is 44.9 Å². The number of pyridine rings is 1. The third kappa shape index (κ3) is 5.38. The van der Waals surface area contributed by atoms with Gasteiger partial charge >= 0.3 is 5.97 Å². The number of esters is 1. The Balaban J connectivity index is 0.00000289. The number of hydrogen-bond donors (Lipinski definition) is 3. The van der Waals surface area contributed by atoms with Gasteiger partial charge in [0.25, 0.3) is 0 Å². The van der Waals surface area contributed by atoms with Crippen LogP contribution in [0, 0.1) is 11.8 Å². The zero-order chi connectivity index (χ0) is 23.7. The van der Waals surface area contributed by atoms with E-state index in [2.05, 4.69) is 10.6 Å². The lowest BCUT2D eigenvalue weighted by molar-refractivity contribution is -0.151. The maximum atomic E-state index is 12.8. The Morgan fingerprint density at radius 1 is 1.20 bits per heavy atom. The number of halogens is 1. The molecule has 8 nitrogen and oxygen atoms in total. The molecular weight excluding hydrogens is 470 g/mol. The van der Waals surface area contributed by atoms with Gasteiger partial charge < -0.3 is 25.2 Å². The van der Waals surface area contributed by atoms with E-state index >= 15 is 0 Å². The van der Waals surface area contributed by atoms with E-state index in [0.717, 1.165) is 37.1 Å². The summed E-state index contributed by atoms with van der Waals surface area (Å²) in [4.78, 5) is 30.0. The maximum Gasteiger partial charge on any atom is 0.318 e. The molecule has 1 atom stereocenters. The summed E-state index contributed by atoms with van der Waals surface area (Å²) in [6.07, 6.45) is 4.48. The van der Waals surface area contributed by atoms with E-state index in [4.69, 9.17) is 14.5 Å². The number of ether oxygens (including phenoxy) is 2. The molecule has 3 heterocycles. The standard InChI is InChI=1S/C26H31N3O5.ClH/c1-2-33-26(32)19-12-18-17(16-8-10-27-11-9-16)13-20(28-24(18)29-25(19)31)23-21(30)4-3-5-22(23)34-14-15-6-7-15;/h3-5,13,15-16,19,27,30H,2,6-12,14H2,1H3,(H,28,29,31);1H. The number of nitrogens with one attached hydrogen (secondary N) is 2. The van der Waals surface area contributed by atoms with Crippen LogP contribution < -0.4 is 15.4 Å². The number of benzene rings is 1. The molecule has 1 saturated carbocycles. The number of hydrogen-bond acceptors (Lipinski definition) is 7. The molecule has 1 saturated heterocycles. The van der Waals surface area contributed by atoms with Crippen LogP contribution in [-0.4, -0.2) is 48.3 Å². The molecule has 1 unspecified atom stereocenters. The van der Waals surface area contributed by atoms with E-state index in [0.29, 0.717) is 35.3 Å². The van der Waals surface area contributed by atoms with Crippen molar-refractivity contribution < 1.29 is 24.2 Å². The number of piperidine rings is 1. The molecule has 188 valence electrons. The second kappa shape index (κ2) is 10.8. The largest absolute Gasteiger partial charge is 0.507 e. The van der Waals surface area contributed by atoms with E-state index in [1.165, 1.54) is 12.8 Å².